The molecule has 2 fully saturated rings. The van der Waals surface area contributed by atoms with E-state index in [9.17, 15) is 18.4 Å². The van der Waals surface area contributed by atoms with Crippen LogP contribution in [-0.4, -0.2) is 17.9 Å². The lowest BCUT2D eigenvalue weighted by Crippen LogP contribution is -2.36. The van der Waals surface area contributed by atoms with Gasteiger partial charge >= 0.3 is 0 Å². The standard InChI is InChI=1S/C17H20F2N2O2/c18-12-5-8-15(14(19)9-12)21-17(23)11-3-1-10(2-4-11)16(22)20-13-6-7-13/h5,8-11,13H,1-4,6-7H2,(H,20,22)(H,21,23). The number of carbonyl (C=O) groups is 2. The molecule has 1 aromatic rings. The van der Waals surface area contributed by atoms with Crippen molar-refractivity contribution in [2.45, 2.75) is 44.6 Å². The van der Waals surface area contributed by atoms with Crippen LogP contribution in [0, 0.1) is 23.5 Å². The summed E-state index contributed by atoms with van der Waals surface area (Å²) < 4.78 is 26.4. The van der Waals surface area contributed by atoms with Crippen LogP contribution in [0.25, 0.3) is 0 Å². The number of benzene rings is 1. The maximum Gasteiger partial charge on any atom is 0.227 e. The van der Waals surface area contributed by atoms with Crippen molar-refractivity contribution >= 4 is 17.5 Å². The number of nitrogens with one attached hydrogen (secondary N) is 2. The van der Waals surface area contributed by atoms with Crippen LogP contribution in [0.3, 0.4) is 0 Å². The van der Waals surface area contributed by atoms with E-state index >= 15 is 0 Å². The summed E-state index contributed by atoms with van der Waals surface area (Å²) in [5.41, 5.74) is -0.00926. The number of rotatable bonds is 4. The van der Waals surface area contributed by atoms with Gasteiger partial charge in [0.05, 0.1) is 5.69 Å². The van der Waals surface area contributed by atoms with E-state index in [0.717, 1.165) is 25.0 Å². The van der Waals surface area contributed by atoms with Gasteiger partial charge in [-0.1, -0.05) is 0 Å². The molecule has 124 valence electrons. The summed E-state index contributed by atoms with van der Waals surface area (Å²) >= 11 is 0. The van der Waals surface area contributed by atoms with Crippen LogP contribution >= 0.6 is 0 Å². The van der Waals surface area contributed by atoms with E-state index in [2.05, 4.69) is 10.6 Å². The van der Waals surface area contributed by atoms with Gasteiger partial charge in [0.15, 0.2) is 0 Å². The summed E-state index contributed by atoms with van der Waals surface area (Å²) in [6.07, 6.45) is 4.68. The van der Waals surface area contributed by atoms with Crippen molar-refractivity contribution in [1.82, 2.24) is 5.32 Å². The maximum absolute atomic E-state index is 13.6. The Hall–Kier alpha value is -1.98. The Bertz CT molecular complexity index is 609. The van der Waals surface area contributed by atoms with Crippen molar-refractivity contribution in [1.29, 1.82) is 0 Å². The second-order valence-corrected chi connectivity index (χ2v) is 6.44. The van der Waals surface area contributed by atoms with Crippen molar-refractivity contribution in [3.63, 3.8) is 0 Å². The second kappa shape index (κ2) is 6.64. The fourth-order valence-electron chi connectivity index (χ4n) is 2.99. The Balaban J connectivity index is 1.50. The average Bonchev–Trinajstić information content (AvgIpc) is 3.34. The first-order chi connectivity index (χ1) is 11.0. The molecular formula is C17H20F2N2O2. The SMILES string of the molecule is O=C(Nc1ccc(F)cc1F)C1CCC(C(=O)NC2CC2)CC1. The monoisotopic (exact) mass is 322 g/mol. The molecule has 3 rings (SSSR count). The quantitative estimate of drug-likeness (QED) is 0.895. The summed E-state index contributed by atoms with van der Waals surface area (Å²) in [4.78, 5) is 24.2. The van der Waals surface area contributed by atoms with Crippen molar-refractivity contribution in [3.8, 4) is 0 Å². The normalized spacial score (nSPS) is 24.1. The number of amides is 2. The summed E-state index contributed by atoms with van der Waals surface area (Å²) in [5.74, 6) is -1.89. The molecule has 6 heteroatoms. The zero-order chi connectivity index (χ0) is 16.4. The van der Waals surface area contributed by atoms with Gasteiger partial charge in [0.25, 0.3) is 0 Å². The van der Waals surface area contributed by atoms with Gasteiger partial charge in [-0.05, 0) is 50.7 Å². The molecule has 0 atom stereocenters. The largest absolute Gasteiger partial charge is 0.353 e. The lowest BCUT2D eigenvalue weighted by Gasteiger charge is -2.27. The van der Waals surface area contributed by atoms with Crippen molar-refractivity contribution in [3.05, 3.63) is 29.8 Å². The number of hydrogen-bond acceptors (Lipinski definition) is 2. The predicted octanol–water partition coefficient (Wildman–Crippen LogP) is 2.99. The summed E-state index contributed by atoms with van der Waals surface area (Å²) in [6.45, 7) is 0. The highest BCUT2D eigenvalue weighted by Crippen LogP contribution is 2.31. The van der Waals surface area contributed by atoms with Crippen LogP contribution in [-0.2, 0) is 9.59 Å². The Labute approximate surface area is 133 Å². The third-order valence-electron chi connectivity index (χ3n) is 4.58. The first-order valence-electron chi connectivity index (χ1n) is 8.09. The zero-order valence-electron chi connectivity index (χ0n) is 12.8. The van der Waals surface area contributed by atoms with E-state index in [1.165, 1.54) is 6.07 Å². The topological polar surface area (TPSA) is 58.2 Å². The van der Waals surface area contributed by atoms with Gasteiger partial charge in [-0.15, -0.1) is 0 Å². The van der Waals surface area contributed by atoms with E-state index in [4.69, 9.17) is 0 Å². The number of hydrogen-bond donors (Lipinski definition) is 2. The number of anilines is 1. The second-order valence-electron chi connectivity index (χ2n) is 6.44. The van der Waals surface area contributed by atoms with Gasteiger partial charge in [0.2, 0.25) is 11.8 Å². The van der Waals surface area contributed by atoms with E-state index in [-0.39, 0.29) is 29.3 Å². The van der Waals surface area contributed by atoms with Crippen LogP contribution in [0.2, 0.25) is 0 Å². The average molecular weight is 322 g/mol. The first-order valence-corrected chi connectivity index (χ1v) is 8.09. The molecule has 2 saturated carbocycles. The fourth-order valence-corrected chi connectivity index (χ4v) is 2.99. The Kier molecular flexibility index (Phi) is 4.59. The number of carbonyl (C=O) groups excluding carboxylic acids is 2. The Morgan fingerprint density at radius 2 is 1.52 bits per heavy atom. The molecular weight excluding hydrogens is 302 g/mol. The van der Waals surface area contributed by atoms with Crippen LogP contribution in [0.4, 0.5) is 14.5 Å². The van der Waals surface area contributed by atoms with Crippen molar-refractivity contribution in [2.75, 3.05) is 5.32 Å². The molecule has 0 heterocycles. The van der Waals surface area contributed by atoms with Crippen LogP contribution < -0.4 is 10.6 Å². The molecule has 0 aromatic heterocycles. The summed E-state index contributed by atoms with van der Waals surface area (Å²) in [6, 6.07) is 3.43. The molecule has 1 aromatic carbocycles. The highest BCUT2D eigenvalue weighted by molar-refractivity contribution is 5.92. The highest BCUT2D eigenvalue weighted by Gasteiger charge is 2.32. The van der Waals surface area contributed by atoms with Gasteiger partial charge in [-0.25, -0.2) is 8.78 Å². The Morgan fingerprint density at radius 1 is 0.913 bits per heavy atom. The zero-order valence-corrected chi connectivity index (χ0v) is 12.8. The predicted molar refractivity (Wildman–Crippen MR) is 81.6 cm³/mol. The van der Waals surface area contributed by atoms with Gasteiger partial charge in [-0.3, -0.25) is 9.59 Å². The smallest absolute Gasteiger partial charge is 0.227 e. The lowest BCUT2D eigenvalue weighted by molar-refractivity contribution is -0.128. The third-order valence-corrected chi connectivity index (χ3v) is 4.58. The molecule has 0 bridgehead atoms. The van der Waals surface area contributed by atoms with Gasteiger partial charge < -0.3 is 10.6 Å². The Morgan fingerprint density at radius 3 is 2.09 bits per heavy atom. The van der Waals surface area contributed by atoms with Crippen molar-refractivity contribution in [2.24, 2.45) is 11.8 Å². The minimum Gasteiger partial charge on any atom is -0.353 e. The molecule has 2 aliphatic rings. The van der Waals surface area contributed by atoms with E-state index < -0.39 is 11.6 Å². The van der Waals surface area contributed by atoms with Gasteiger partial charge in [-0.2, -0.15) is 0 Å². The van der Waals surface area contributed by atoms with Gasteiger partial charge in [0, 0.05) is 23.9 Å². The fraction of sp³-hybridized carbons (Fsp3) is 0.529. The summed E-state index contributed by atoms with van der Waals surface area (Å²) in [7, 11) is 0. The van der Waals surface area contributed by atoms with Crippen LogP contribution in [0.15, 0.2) is 18.2 Å². The van der Waals surface area contributed by atoms with Crippen molar-refractivity contribution < 1.29 is 18.4 Å². The maximum atomic E-state index is 13.6. The molecule has 2 amide bonds. The lowest BCUT2D eigenvalue weighted by atomic mass is 9.81. The van der Waals surface area contributed by atoms with E-state index in [1.54, 1.807) is 0 Å². The van der Waals surface area contributed by atoms with Gasteiger partial charge in [0.1, 0.15) is 11.6 Å². The van der Waals surface area contributed by atoms with E-state index in [0.29, 0.717) is 31.7 Å². The molecule has 0 saturated heterocycles. The third kappa shape index (κ3) is 4.06. The molecule has 4 nitrogen and oxygen atoms in total. The van der Waals surface area contributed by atoms with E-state index in [1.807, 2.05) is 0 Å². The molecule has 2 aliphatic carbocycles. The molecule has 2 N–H and O–H groups in total. The molecule has 0 radical (unpaired) electrons. The van der Waals surface area contributed by atoms with Crippen LogP contribution in [0.1, 0.15) is 38.5 Å². The molecule has 0 spiro atoms. The molecule has 0 unspecified atom stereocenters. The summed E-state index contributed by atoms with van der Waals surface area (Å²) in [5, 5.41) is 5.51. The molecule has 23 heavy (non-hydrogen) atoms. The highest BCUT2D eigenvalue weighted by atomic mass is 19.1. The van der Waals surface area contributed by atoms with Crippen LogP contribution in [0.5, 0.6) is 0 Å². The first kappa shape index (κ1) is 15.9. The minimum absolute atomic E-state index is 0.00926. The number of halogens is 2. The molecule has 0 aliphatic heterocycles. The minimum atomic E-state index is -0.782.